The molecule has 0 fully saturated rings. The Morgan fingerprint density at radius 1 is 1.53 bits per heavy atom. The molecule has 1 heterocycles. The summed E-state index contributed by atoms with van der Waals surface area (Å²) in [5.74, 6) is -0.397. The molecule has 0 spiro atoms. The predicted molar refractivity (Wildman–Crippen MR) is 64.5 cm³/mol. The van der Waals surface area contributed by atoms with Crippen molar-refractivity contribution in [2.24, 2.45) is 0 Å². The van der Waals surface area contributed by atoms with Crippen LogP contribution < -0.4 is 0 Å². The second-order valence-electron chi connectivity index (χ2n) is 3.67. The van der Waals surface area contributed by atoms with Gasteiger partial charge in [-0.2, -0.15) is 4.98 Å². The van der Waals surface area contributed by atoms with Crippen molar-refractivity contribution in [3.63, 3.8) is 0 Å². The molecule has 1 aromatic heterocycles. The van der Waals surface area contributed by atoms with Gasteiger partial charge in [0.1, 0.15) is 6.26 Å². The largest absolute Gasteiger partial charge is 0.609 e. The maximum absolute atomic E-state index is 11.5. The summed E-state index contributed by atoms with van der Waals surface area (Å²) in [6, 6.07) is 3.44. The molecule has 1 N–H and O–H groups in total. The lowest BCUT2D eigenvalue weighted by Gasteiger charge is -2.02. The summed E-state index contributed by atoms with van der Waals surface area (Å²) in [6.07, 6.45) is 1.55. The summed E-state index contributed by atoms with van der Waals surface area (Å²) in [6.45, 7) is 1.81. The fraction of sp³-hybridized carbons (Fsp3) is 0.273. The van der Waals surface area contributed by atoms with Crippen LogP contribution in [0.1, 0.15) is 15.9 Å². The van der Waals surface area contributed by atoms with Gasteiger partial charge in [0.05, 0.1) is 23.7 Å². The first kappa shape index (κ1) is 11.9. The number of rotatable bonds is 2. The molecule has 2 aromatic rings. The molecule has 0 saturated carbocycles. The minimum atomic E-state index is -1.17. The summed E-state index contributed by atoms with van der Waals surface area (Å²) < 4.78 is 16.0. The second-order valence-corrected chi connectivity index (χ2v) is 4.97. The fourth-order valence-electron chi connectivity index (χ4n) is 1.61. The van der Waals surface area contributed by atoms with E-state index in [1.54, 1.807) is 18.4 Å². The van der Waals surface area contributed by atoms with E-state index < -0.39 is 17.1 Å². The Balaban J connectivity index is 2.59. The zero-order valence-electron chi connectivity index (χ0n) is 9.73. The number of imidazole rings is 1. The Morgan fingerprint density at radius 3 is 2.82 bits per heavy atom. The molecule has 0 radical (unpaired) electrons. The summed E-state index contributed by atoms with van der Waals surface area (Å²) in [4.78, 5) is 18.6. The van der Waals surface area contributed by atoms with Gasteiger partial charge < -0.3 is 9.29 Å². The van der Waals surface area contributed by atoms with E-state index >= 15 is 0 Å². The van der Waals surface area contributed by atoms with Crippen LogP contribution in [0.5, 0.6) is 0 Å². The molecular formula is C11H12N2O3S. The standard InChI is InChI=1S/C11H12N2O3S/c1-6-4-8-9(5-7(6)10(14)16-2)13-11(12-8)17(3)15/h4-5H,1-3H3,(H,12,13). The van der Waals surface area contributed by atoms with Gasteiger partial charge in [-0.15, -0.1) is 0 Å². The van der Waals surface area contributed by atoms with Crippen LogP contribution in [-0.4, -0.2) is 33.9 Å². The van der Waals surface area contributed by atoms with E-state index in [1.807, 2.05) is 6.92 Å². The highest BCUT2D eigenvalue weighted by Crippen LogP contribution is 2.20. The SMILES string of the molecule is COC(=O)c1cc2nc([S+](C)[O-])[nH]c2cc1C. The molecular weight excluding hydrogens is 240 g/mol. The molecule has 0 saturated heterocycles. The smallest absolute Gasteiger partial charge is 0.338 e. The topological polar surface area (TPSA) is 78.0 Å². The van der Waals surface area contributed by atoms with E-state index in [2.05, 4.69) is 14.7 Å². The number of nitrogens with zero attached hydrogens (tertiary/aromatic N) is 1. The Bertz CT molecular complexity index is 577. The van der Waals surface area contributed by atoms with Crippen LogP contribution in [0.3, 0.4) is 0 Å². The predicted octanol–water partition coefficient (Wildman–Crippen LogP) is 1.40. The Kier molecular flexibility index (Phi) is 3.08. The zero-order chi connectivity index (χ0) is 12.6. The second kappa shape index (κ2) is 4.38. The van der Waals surface area contributed by atoms with E-state index in [4.69, 9.17) is 0 Å². The first-order chi connectivity index (χ1) is 8.02. The van der Waals surface area contributed by atoms with E-state index in [0.29, 0.717) is 16.2 Å². The molecule has 1 unspecified atom stereocenters. The molecule has 0 aliphatic heterocycles. The van der Waals surface area contributed by atoms with Crippen molar-refractivity contribution in [2.45, 2.75) is 12.1 Å². The fourth-order valence-corrected chi connectivity index (χ4v) is 2.09. The number of aryl methyl sites for hydroxylation is 1. The molecule has 0 aliphatic rings. The van der Waals surface area contributed by atoms with Gasteiger partial charge in [-0.1, -0.05) is 0 Å². The third-order valence-electron chi connectivity index (χ3n) is 2.48. The number of hydrogen-bond acceptors (Lipinski definition) is 4. The van der Waals surface area contributed by atoms with Gasteiger partial charge in [0.2, 0.25) is 0 Å². The summed E-state index contributed by atoms with van der Waals surface area (Å²) in [5, 5.41) is 0.404. The van der Waals surface area contributed by atoms with Gasteiger partial charge in [0.25, 0.3) is 0 Å². The van der Waals surface area contributed by atoms with Crippen molar-refractivity contribution in [1.82, 2.24) is 9.97 Å². The first-order valence-corrected chi connectivity index (χ1v) is 6.51. The monoisotopic (exact) mass is 252 g/mol. The van der Waals surface area contributed by atoms with Crippen molar-refractivity contribution in [3.05, 3.63) is 23.3 Å². The number of fused-ring (bicyclic) bond motifs is 1. The van der Waals surface area contributed by atoms with Gasteiger partial charge >= 0.3 is 11.1 Å². The maximum Gasteiger partial charge on any atom is 0.338 e. The minimum absolute atomic E-state index is 0.397. The van der Waals surface area contributed by atoms with Gasteiger partial charge in [-0.3, -0.25) is 4.98 Å². The number of hydrogen-bond donors (Lipinski definition) is 1. The lowest BCUT2D eigenvalue weighted by Crippen LogP contribution is -2.03. The van der Waals surface area contributed by atoms with Gasteiger partial charge in [0.15, 0.2) is 0 Å². The number of esters is 1. The number of carbonyl (C=O) groups excluding carboxylic acids is 1. The molecule has 0 aliphatic carbocycles. The van der Waals surface area contributed by atoms with E-state index in [0.717, 1.165) is 11.1 Å². The van der Waals surface area contributed by atoms with E-state index in [-0.39, 0.29) is 0 Å². The molecule has 1 atom stereocenters. The molecule has 6 heteroatoms. The number of aromatic nitrogens is 2. The third-order valence-corrected chi connectivity index (χ3v) is 3.22. The average Bonchev–Trinajstić information content (AvgIpc) is 2.69. The zero-order valence-corrected chi connectivity index (χ0v) is 10.6. The quantitative estimate of drug-likeness (QED) is 0.647. The Hall–Kier alpha value is -1.53. The first-order valence-electron chi connectivity index (χ1n) is 4.95. The Morgan fingerprint density at radius 2 is 2.24 bits per heavy atom. The summed E-state index contributed by atoms with van der Waals surface area (Å²) in [5.41, 5.74) is 2.64. The number of aromatic amines is 1. The lowest BCUT2D eigenvalue weighted by atomic mass is 10.1. The van der Waals surface area contributed by atoms with Crippen molar-refractivity contribution in [1.29, 1.82) is 0 Å². The average molecular weight is 252 g/mol. The molecule has 2 rings (SSSR count). The van der Waals surface area contributed by atoms with Gasteiger partial charge in [-0.25, -0.2) is 4.79 Å². The molecule has 0 amide bonds. The lowest BCUT2D eigenvalue weighted by molar-refractivity contribution is 0.0600. The molecule has 5 nitrogen and oxygen atoms in total. The Labute approximate surface area is 101 Å². The number of nitrogens with one attached hydrogen (secondary N) is 1. The highest BCUT2D eigenvalue weighted by Gasteiger charge is 2.15. The van der Waals surface area contributed by atoms with Crippen molar-refractivity contribution in [2.75, 3.05) is 13.4 Å². The van der Waals surface area contributed by atoms with Crippen LogP contribution in [-0.2, 0) is 15.9 Å². The third kappa shape index (κ3) is 2.13. The van der Waals surface area contributed by atoms with E-state index in [1.165, 1.54) is 7.11 Å². The van der Waals surface area contributed by atoms with Gasteiger partial charge in [0, 0.05) is 11.2 Å². The van der Waals surface area contributed by atoms with Crippen LogP contribution in [0.2, 0.25) is 0 Å². The van der Waals surface area contributed by atoms with E-state index in [9.17, 15) is 9.35 Å². The maximum atomic E-state index is 11.5. The molecule has 0 bridgehead atoms. The van der Waals surface area contributed by atoms with Crippen LogP contribution in [0.25, 0.3) is 11.0 Å². The number of H-pyrrole nitrogens is 1. The molecule has 17 heavy (non-hydrogen) atoms. The summed E-state index contributed by atoms with van der Waals surface area (Å²) in [7, 11) is 1.34. The number of methoxy groups -OCH3 is 1. The molecule has 1 aromatic carbocycles. The van der Waals surface area contributed by atoms with Crippen molar-refractivity contribution < 1.29 is 14.1 Å². The normalized spacial score (nSPS) is 12.7. The summed E-state index contributed by atoms with van der Waals surface area (Å²) >= 11 is -1.17. The van der Waals surface area contributed by atoms with Crippen LogP contribution in [0, 0.1) is 6.92 Å². The van der Waals surface area contributed by atoms with Crippen molar-refractivity contribution in [3.8, 4) is 0 Å². The van der Waals surface area contributed by atoms with Crippen LogP contribution in [0.15, 0.2) is 17.3 Å². The number of benzene rings is 1. The highest BCUT2D eigenvalue weighted by atomic mass is 32.2. The minimum Gasteiger partial charge on any atom is -0.609 e. The molecule has 90 valence electrons. The number of ether oxygens (including phenoxy) is 1. The van der Waals surface area contributed by atoms with Crippen molar-refractivity contribution >= 4 is 28.2 Å². The van der Waals surface area contributed by atoms with Gasteiger partial charge in [-0.05, 0) is 24.6 Å². The number of carbonyl (C=O) groups is 1. The van der Waals surface area contributed by atoms with Crippen LogP contribution in [0.4, 0.5) is 0 Å². The van der Waals surface area contributed by atoms with Crippen LogP contribution >= 0.6 is 0 Å². The highest BCUT2D eigenvalue weighted by molar-refractivity contribution is 7.90.